The highest BCUT2D eigenvalue weighted by atomic mass is 32.1. The first-order valence-corrected chi connectivity index (χ1v) is 8.32. The highest BCUT2D eigenvalue weighted by molar-refractivity contribution is 7.09. The Morgan fingerprint density at radius 2 is 2.23 bits per heavy atom. The number of anilines is 1. The minimum atomic E-state index is -0.0722. The minimum Gasteiger partial charge on any atom is -0.342 e. The van der Waals surface area contributed by atoms with Gasteiger partial charge in [-0.1, -0.05) is 12.1 Å². The summed E-state index contributed by atoms with van der Waals surface area (Å²) in [6.45, 7) is 1.78. The molecule has 1 N–H and O–H groups in total. The molecule has 0 aliphatic carbocycles. The maximum Gasteiger partial charge on any atom is 0.260 e. The highest BCUT2D eigenvalue weighted by Gasteiger charge is 2.24. The molecule has 1 atom stereocenters. The Bertz CT molecular complexity index is 843. The standard InChI is InChI=1S/C16H16N4OS/c21-14-12-5-1-2-6-13(12)18-16(19-14)20-8-3-4-11(10-20)15-17-7-9-22-15/h1-2,5-7,9,11H,3-4,8,10H2,(H,18,19,21). The molecule has 0 amide bonds. The highest BCUT2D eigenvalue weighted by Crippen LogP contribution is 2.29. The second-order valence-corrected chi connectivity index (χ2v) is 6.49. The molecule has 3 aromatic rings. The van der Waals surface area contributed by atoms with Gasteiger partial charge in [0.2, 0.25) is 5.95 Å². The Hall–Kier alpha value is -2.21. The molecule has 1 unspecified atom stereocenters. The molecule has 5 nitrogen and oxygen atoms in total. The molecule has 1 saturated heterocycles. The molecule has 22 heavy (non-hydrogen) atoms. The number of hydrogen-bond donors (Lipinski definition) is 1. The predicted octanol–water partition coefficient (Wildman–Crippen LogP) is 2.76. The second kappa shape index (κ2) is 5.53. The maximum absolute atomic E-state index is 12.2. The molecule has 0 bridgehead atoms. The number of benzene rings is 1. The summed E-state index contributed by atoms with van der Waals surface area (Å²) in [4.78, 5) is 26.4. The SMILES string of the molecule is O=c1[nH]c(N2CCCC(c3nccs3)C2)nc2ccccc12. The first-order valence-electron chi connectivity index (χ1n) is 7.44. The van der Waals surface area contributed by atoms with E-state index in [2.05, 4.69) is 19.9 Å². The van der Waals surface area contributed by atoms with E-state index in [0.717, 1.165) is 31.4 Å². The molecule has 0 spiro atoms. The fourth-order valence-corrected chi connectivity index (χ4v) is 3.80. The van der Waals surface area contributed by atoms with Gasteiger partial charge in [-0.25, -0.2) is 9.97 Å². The molecular weight excluding hydrogens is 296 g/mol. The monoisotopic (exact) mass is 312 g/mol. The number of rotatable bonds is 2. The lowest BCUT2D eigenvalue weighted by atomic mass is 9.99. The molecule has 1 aliphatic rings. The number of nitrogens with one attached hydrogen (secondary N) is 1. The largest absolute Gasteiger partial charge is 0.342 e. The van der Waals surface area contributed by atoms with Crippen LogP contribution >= 0.6 is 11.3 Å². The third-order valence-corrected chi connectivity index (χ3v) is 5.06. The third-order valence-electron chi connectivity index (χ3n) is 4.12. The van der Waals surface area contributed by atoms with Crippen molar-refractivity contribution in [1.82, 2.24) is 15.0 Å². The number of H-pyrrole nitrogens is 1. The van der Waals surface area contributed by atoms with E-state index in [1.165, 1.54) is 5.01 Å². The number of thiazole rings is 1. The Kier molecular flexibility index (Phi) is 3.38. The van der Waals surface area contributed by atoms with Gasteiger partial charge in [0.1, 0.15) is 0 Å². The molecule has 1 aliphatic heterocycles. The van der Waals surface area contributed by atoms with E-state index in [1.807, 2.05) is 29.8 Å². The summed E-state index contributed by atoms with van der Waals surface area (Å²) in [5, 5.41) is 3.83. The van der Waals surface area contributed by atoms with Crippen LogP contribution in [0, 0.1) is 0 Å². The molecular formula is C16H16N4OS. The van der Waals surface area contributed by atoms with Crippen molar-refractivity contribution in [2.45, 2.75) is 18.8 Å². The number of aromatic amines is 1. The van der Waals surface area contributed by atoms with Gasteiger partial charge < -0.3 is 4.90 Å². The predicted molar refractivity (Wildman–Crippen MR) is 88.7 cm³/mol. The minimum absolute atomic E-state index is 0.0722. The van der Waals surface area contributed by atoms with Crippen molar-refractivity contribution in [1.29, 1.82) is 0 Å². The Morgan fingerprint density at radius 1 is 1.32 bits per heavy atom. The van der Waals surface area contributed by atoms with Crippen molar-refractivity contribution in [3.8, 4) is 0 Å². The number of aromatic nitrogens is 3. The van der Waals surface area contributed by atoms with Crippen molar-refractivity contribution < 1.29 is 0 Å². The summed E-state index contributed by atoms with van der Waals surface area (Å²) in [6.07, 6.45) is 4.08. The van der Waals surface area contributed by atoms with Crippen molar-refractivity contribution in [3.05, 3.63) is 51.2 Å². The molecule has 1 fully saturated rings. The Balaban J connectivity index is 1.68. The van der Waals surface area contributed by atoms with Crippen molar-refractivity contribution in [2.75, 3.05) is 18.0 Å². The average molecular weight is 312 g/mol. The number of hydrogen-bond acceptors (Lipinski definition) is 5. The van der Waals surface area contributed by atoms with Gasteiger partial charge >= 0.3 is 0 Å². The van der Waals surface area contributed by atoms with E-state index in [1.54, 1.807) is 17.4 Å². The molecule has 0 saturated carbocycles. The van der Waals surface area contributed by atoms with Gasteiger partial charge in [-0.05, 0) is 25.0 Å². The zero-order valence-corrected chi connectivity index (χ0v) is 12.8. The first-order chi connectivity index (χ1) is 10.8. The van der Waals surface area contributed by atoms with Gasteiger partial charge in [0.25, 0.3) is 5.56 Å². The maximum atomic E-state index is 12.2. The van der Waals surface area contributed by atoms with Gasteiger partial charge in [-0.3, -0.25) is 9.78 Å². The normalized spacial score (nSPS) is 18.7. The summed E-state index contributed by atoms with van der Waals surface area (Å²) in [7, 11) is 0. The van der Waals surface area contributed by atoms with Crippen LogP contribution in [0.15, 0.2) is 40.6 Å². The van der Waals surface area contributed by atoms with Gasteiger partial charge in [-0.15, -0.1) is 11.3 Å². The van der Waals surface area contributed by atoms with E-state index >= 15 is 0 Å². The van der Waals surface area contributed by atoms with Crippen molar-refractivity contribution in [2.24, 2.45) is 0 Å². The molecule has 6 heteroatoms. The summed E-state index contributed by atoms with van der Waals surface area (Å²) in [5.74, 6) is 1.09. The van der Waals surface area contributed by atoms with E-state index in [0.29, 0.717) is 17.3 Å². The molecule has 0 radical (unpaired) electrons. The van der Waals surface area contributed by atoms with Crippen LogP contribution in [-0.4, -0.2) is 28.0 Å². The lowest BCUT2D eigenvalue weighted by Crippen LogP contribution is -2.36. The molecule has 4 rings (SSSR count). The van der Waals surface area contributed by atoms with E-state index in [4.69, 9.17) is 0 Å². The summed E-state index contributed by atoms with van der Waals surface area (Å²) in [5.41, 5.74) is 0.676. The fourth-order valence-electron chi connectivity index (χ4n) is 3.03. The Morgan fingerprint density at radius 3 is 3.09 bits per heavy atom. The van der Waals surface area contributed by atoms with Crippen LogP contribution in [0.1, 0.15) is 23.8 Å². The summed E-state index contributed by atoms with van der Waals surface area (Å²) < 4.78 is 0. The van der Waals surface area contributed by atoms with Crippen LogP contribution in [0.5, 0.6) is 0 Å². The lowest BCUT2D eigenvalue weighted by Gasteiger charge is -2.32. The summed E-state index contributed by atoms with van der Waals surface area (Å²) in [6, 6.07) is 7.46. The van der Waals surface area contributed by atoms with Crippen LogP contribution in [0.2, 0.25) is 0 Å². The Labute approximate surface area is 131 Å². The fraction of sp³-hybridized carbons (Fsp3) is 0.312. The van der Waals surface area contributed by atoms with Crippen molar-refractivity contribution in [3.63, 3.8) is 0 Å². The van der Waals surface area contributed by atoms with Gasteiger partial charge in [0, 0.05) is 30.6 Å². The molecule has 112 valence electrons. The second-order valence-electron chi connectivity index (χ2n) is 5.56. The van der Waals surface area contributed by atoms with Crippen LogP contribution in [0.25, 0.3) is 10.9 Å². The third kappa shape index (κ3) is 2.39. The molecule has 2 aromatic heterocycles. The molecule has 3 heterocycles. The topological polar surface area (TPSA) is 61.9 Å². The lowest BCUT2D eigenvalue weighted by molar-refractivity contribution is 0.502. The smallest absolute Gasteiger partial charge is 0.260 e. The average Bonchev–Trinajstić information content (AvgIpc) is 3.09. The van der Waals surface area contributed by atoms with Gasteiger partial charge in [0.05, 0.1) is 15.9 Å². The van der Waals surface area contributed by atoms with Crippen LogP contribution in [0.4, 0.5) is 5.95 Å². The zero-order valence-electron chi connectivity index (χ0n) is 12.0. The molecule has 1 aromatic carbocycles. The number of nitrogens with zero attached hydrogens (tertiary/aromatic N) is 3. The van der Waals surface area contributed by atoms with Crippen LogP contribution in [-0.2, 0) is 0 Å². The zero-order chi connectivity index (χ0) is 14.9. The van der Waals surface area contributed by atoms with E-state index in [9.17, 15) is 4.79 Å². The number of piperidine rings is 1. The van der Waals surface area contributed by atoms with Crippen LogP contribution in [0.3, 0.4) is 0 Å². The number of para-hydroxylation sites is 1. The van der Waals surface area contributed by atoms with E-state index in [-0.39, 0.29) is 5.56 Å². The first kappa shape index (κ1) is 13.5. The van der Waals surface area contributed by atoms with E-state index < -0.39 is 0 Å². The van der Waals surface area contributed by atoms with Gasteiger partial charge in [-0.2, -0.15) is 0 Å². The number of fused-ring (bicyclic) bond motifs is 1. The summed E-state index contributed by atoms with van der Waals surface area (Å²) >= 11 is 1.70. The van der Waals surface area contributed by atoms with Crippen molar-refractivity contribution >= 4 is 28.2 Å². The van der Waals surface area contributed by atoms with Gasteiger partial charge in [0.15, 0.2) is 0 Å². The quantitative estimate of drug-likeness (QED) is 0.790. The van der Waals surface area contributed by atoms with Crippen LogP contribution < -0.4 is 10.5 Å².